The number of benzene rings is 1. The Morgan fingerprint density at radius 3 is 2.32 bits per heavy atom. The minimum Gasteiger partial charge on any atom is -0.324 e. The van der Waals surface area contributed by atoms with Crippen LogP contribution in [0, 0.1) is 6.92 Å². The number of sulfone groups is 1. The van der Waals surface area contributed by atoms with Gasteiger partial charge in [0.05, 0.1) is 10.4 Å². The van der Waals surface area contributed by atoms with E-state index in [0.717, 1.165) is 11.8 Å². The Kier molecular flexibility index (Phi) is 4.37. The molecular formula is C13H20N2O3S. The van der Waals surface area contributed by atoms with E-state index in [2.05, 4.69) is 10.6 Å². The second kappa shape index (κ2) is 5.30. The van der Waals surface area contributed by atoms with Crippen LogP contribution in [0.3, 0.4) is 0 Å². The first-order valence-corrected chi connectivity index (χ1v) is 7.78. The van der Waals surface area contributed by atoms with Gasteiger partial charge in [0.25, 0.3) is 0 Å². The maximum absolute atomic E-state index is 12.1. The van der Waals surface area contributed by atoms with Crippen molar-refractivity contribution in [3.8, 4) is 0 Å². The number of carbonyl (C=O) groups excluding carboxylic acids is 1. The van der Waals surface area contributed by atoms with Crippen molar-refractivity contribution >= 4 is 21.4 Å². The molecule has 0 bridgehead atoms. The third-order valence-corrected chi connectivity index (χ3v) is 4.19. The lowest BCUT2D eigenvalue weighted by Gasteiger charge is -2.23. The summed E-state index contributed by atoms with van der Waals surface area (Å²) < 4.78 is 23.0. The molecule has 6 heteroatoms. The lowest BCUT2D eigenvalue weighted by molar-refractivity contribution is -0.121. The van der Waals surface area contributed by atoms with E-state index in [0.29, 0.717) is 5.69 Å². The van der Waals surface area contributed by atoms with E-state index >= 15 is 0 Å². The highest BCUT2D eigenvalue weighted by Gasteiger charge is 2.25. The van der Waals surface area contributed by atoms with Crippen molar-refractivity contribution in [2.45, 2.75) is 31.2 Å². The Bertz CT molecular complexity index is 592. The zero-order valence-corrected chi connectivity index (χ0v) is 12.7. The second-order valence-corrected chi connectivity index (χ2v) is 7.09. The molecule has 0 aliphatic heterocycles. The van der Waals surface area contributed by atoms with Gasteiger partial charge in [0.1, 0.15) is 0 Å². The third kappa shape index (κ3) is 3.78. The molecule has 0 radical (unpaired) electrons. The molecule has 0 aliphatic carbocycles. The number of hydrogen-bond donors (Lipinski definition) is 2. The molecule has 2 N–H and O–H groups in total. The minimum absolute atomic E-state index is 0.190. The normalized spacial score (nSPS) is 12.3. The number of hydrogen-bond acceptors (Lipinski definition) is 4. The van der Waals surface area contributed by atoms with Crippen LogP contribution in [0.1, 0.15) is 19.4 Å². The zero-order chi connectivity index (χ0) is 14.8. The molecule has 0 aliphatic rings. The Morgan fingerprint density at radius 2 is 1.84 bits per heavy atom. The van der Waals surface area contributed by atoms with Crippen LogP contribution in [0.25, 0.3) is 0 Å². The molecule has 1 aromatic carbocycles. The van der Waals surface area contributed by atoms with E-state index in [1.54, 1.807) is 27.0 Å². The summed E-state index contributed by atoms with van der Waals surface area (Å²) in [6, 6.07) is 4.69. The highest BCUT2D eigenvalue weighted by molar-refractivity contribution is 7.90. The summed E-state index contributed by atoms with van der Waals surface area (Å²) in [6.07, 6.45) is 1.14. The molecule has 1 rings (SSSR count). The summed E-state index contributed by atoms with van der Waals surface area (Å²) in [5, 5.41) is 5.64. The molecule has 19 heavy (non-hydrogen) atoms. The summed E-state index contributed by atoms with van der Waals surface area (Å²) in [6.45, 7) is 5.31. The Balaban J connectivity index is 3.12. The van der Waals surface area contributed by atoms with Crippen molar-refractivity contribution in [1.29, 1.82) is 0 Å². The van der Waals surface area contributed by atoms with Gasteiger partial charge in [0.2, 0.25) is 5.91 Å². The van der Waals surface area contributed by atoms with Crippen molar-refractivity contribution in [2.75, 3.05) is 18.6 Å². The number of anilines is 1. The van der Waals surface area contributed by atoms with Crippen LogP contribution < -0.4 is 10.6 Å². The molecule has 0 spiro atoms. The largest absolute Gasteiger partial charge is 0.324 e. The predicted molar refractivity (Wildman–Crippen MR) is 76.1 cm³/mol. The number of amides is 1. The smallest absolute Gasteiger partial charge is 0.244 e. The van der Waals surface area contributed by atoms with Crippen LogP contribution in [0.5, 0.6) is 0 Å². The van der Waals surface area contributed by atoms with Crippen LogP contribution in [-0.2, 0) is 14.6 Å². The Hall–Kier alpha value is -1.40. The summed E-state index contributed by atoms with van der Waals surface area (Å²) in [7, 11) is -1.59. The average molecular weight is 284 g/mol. The Morgan fingerprint density at radius 1 is 1.26 bits per heavy atom. The number of likely N-dealkylation sites (N-methyl/N-ethyl adjacent to an activating group) is 1. The molecule has 0 saturated carbocycles. The number of carbonyl (C=O) groups is 1. The first kappa shape index (κ1) is 15.7. The van der Waals surface area contributed by atoms with E-state index in [1.165, 1.54) is 12.1 Å². The fourth-order valence-electron chi connectivity index (χ4n) is 1.36. The Labute approximate surface area is 114 Å². The SMILES string of the molecule is CNC(C)(C)C(=O)Nc1cc(S(C)(=O)=O)ccc1C. The maximum Gasteiger partial charge on any atom is 0.244 e. The second-order valence-electron chi connectivity index (χ2n) is 5.08. The number of nitrogens with one attached hydrogen (secondary N) is 2. The number of aryl methyl sites for hydroxylation is 1. The molecule has 0 unspecified atom stereocenters. The molecule has 0 fully saturated rings. The van der Waals surface area contributed by atoms with Crippen LogP contribution in [0.4, 0.5) is 5.69 Å². The number of rotatable bonds is 4. The predicted octanol–water partition coefficient (Wildman–Crippen LogP) is 1.34. The van der Waals surface area contributed by atoms with Gasteiger partial charge in [0.15, 0.2) is 9.84 Å². The fraction of sp³-hybridized carbons (Fsp3) is 0.462. The molecule has 0 aromatic heterocycles. The van der Waals surface area contributed by atoms with Gasteiger partial charge in [-0.2, -0.15) is 0 Å². The van der Waals surface area contributed by atoms with Crippen molar-refractivity contribution < 1.29 is 13.2 Å². The van der Waals surface area contributed by atoms with Gasteiger partial charge in [-0.05, 0) is 45.5 Å². The standard InChI is InChI=1S/C13H20N2O3S/c1-9-6-7-10(19(5,17)18)8-11(9)15-12(16)13(2,3)14-4/h6-8,14H,1-5H3,(H,15,16). The molecule has 0 saturated heterocycles. The zero-order valence-electron chi connectivity index (χ0n) is 11.9. The molecular weight excluding hydrogens is 264 g/mol. The minimum atomic E-state index is -3.29. The average Bonchev–Trinajstić information content (AvgIpc) is 2.30. The highest BCUT2D eigenvalue weighted by atomic mass is 32.2. The van der Waals surface area contributed by atoms with Crippen LogP contribution in [0.2, 0.25) is 0 Å². The van der Waals surface area contributed by atoms with Gasteiger partial charge in [-0.15, -0.1) is 0 Å². The molecule has 1 aromatic rings. The van der Waals surface area contributed by atoms with Gasteiger partial charge >= 0.3 is 0 Å². The summed E-state index contributed by atoms with van der Waals surface area (Å²) in [4.78, 5) is 12.2. The van der Waals surface area contributed by atoms with Gasteiger partial charge < -0.3 is 10.6 Å². The first-order valence-electron chi connectivity index (χ1n) is 5.89. The van der Waals surface area contributed by atoms with Gasteiger partial charge in [0, 0.05) is 11.9 Å². The maximum atomic E-state index is 12.1. The van der Waals surface area contributed by atoms with Crippen molar-refractivity contribution in [3.63, 3.8) is 0 Å². The van der Waals surface area contributed by atoms with E-state index < -0.39 is 15.4 Å². The molecule has 1 amide bonds. The van der Waals surface area contributed by atoms with E-state index in [1.807, 2.05) is 6.92 Å². The van der Waals surface area contributed by atoms with Crippen molar-refractivity contribution in [3.05, 3.63) is 23.8 Å². The molecule has 0 heterocycles. The van der Waals surface area contributed by atoms with Crippen LogP contribution in [-0.4, -0.2) is 33.2 Å². The summed E-state index contributed by atoms with van der Waals surface area (Å²) in [5.74, 6) is -0.219. The van der Waals surface area contributed by atoms with Gasteiger partial charge in [-0.3, -0.25) is 4.79 Å². The van der Waals surface area contributed by atoms with E-state index in [4.69, 9.17) is 0 Å². The highest BCUT2D eigenvalue weighted by Crippen LogP contribution is 2.21. The lowest BCUT2D eigenvalue weighted by atomic mass is 10.0. The van der Waals surface area contributed by atoms with Crippen LogP contribution in [0.15, 0.2) is 23.1 Å². The first-order chi connectivity index (χ1) is 8.58. The van der Waals surface area contributed by atoms with Crippen LogP contribution >= 0.6 is 0 Å². The van der Waals surface area contributed by atoms with E-state index in [-0.39, 0.29) is 10.8 Å². The lowest BCUT2D eigenvalue weighted by Crippen LogP contribution is -2.48. The van der Waals surface area contributed by atoms with E-state index in [9.17, 15) is 13.2 Å². The van der Waals surface area contributed by atoms with Gasteiger partial charge in [-0.25, -0.2) is 8.42 Å². The third-order valence-electron chi connectivity index (χ3n) is 3.08. The quantitative estimate of drug-likeness (QED) is 0.875. The summed E-state index contributed by atoms with van der Waals surface area (Å²) >= 11 is 0. The fourth-order valence-corrected chi connectivity index (χ4v) is 2.01. The van der Waals surface area contributed by atoms with Crippen molar-refractivity contribution in [2.24, 2.45) is 0 Å². The topological polar surface area (TPSA) is 75.3 Å². The van der Waals surface area contributed by atoms with Crippen molar-refractivity contribution in [1.82, 2.24) is 5.32 Å². The molecule has 5 nitrogen and oxygen atoms in total. The summed E-state index contributed by atoms with van der Waals surface area (Å²) in [5.41, 5.74) is 0.594. The molecule has 106 valence electrons. The monoisotopic (exact) mass is 284 g/mol. The van der Waals surface area contributed by atoms with Gasteiger partial charge in [-0.1, -0.05) is 6.07 Å². The molecule has 0 atom stereocenters.